The molecule has 0 aliphatic heterocycles. The van der Waals surface area contributed by atoms with Crippen LogP contribution in [0, 0.1) is 0 Å². The van der Waals surface area contributed by atoms with Crippen molar-refractivity contribution in [3.05, 3.63) is 44.7 Å². The molecule has 76 valence electrons. The Labute approximate surface area is 93.8 Å². The lowest BCUT2D eigenvalue weighted by Gasteiger charge is -1.99. The predicted octanol–water partition coefficient (Wildman–Crippen LogP) is 2.76. The molecule has 0 amide bonds. The van der Waals surface area contributed by atoms with Crippen LogP contribution in [0.15, 0.2) is 37.9 Å². The molecule has 1 heterocycles. The number of benzene rings is 1. The van der Waals surface area contributed by atoms with Crippen LogP contribution in [0.1, 0.15) is 17.5 Å². The minimum absolute atomic E-state index is 0.0924. The fraction of sp³-hybridized carbons (Fsp3) is 0.0909. The average molecular weight is 267 g/mol. The van der Waals surface area contributed by atoms with E-state index in [1.54, 1.807) is 18.2 Å². The number of hydrogen-bond acceptors (Lipinski definition) is 3. The van der Waals surface area contributed by atoms with E-state index in [1.165, 1.54) is 13.0 Å². The molecule has 1 aromatic heterocycles. The van der Waals surface area contributed by atoms with E-state index in [-0.39, 0.29) is 17.0 Å². The quantitative estimate of drug-likeness (QED) is 0.746. The number of Topliss-reactive ketones (excluding diaryl/α,β-unsaturated/α-hetero) is 1. The highest BCUT2D eigenvalue weighted by Crippen LogP contribution is 2.18. The lowest BCUT2D eigenvalue weighted by molar-refractivity contribution is 0.0988. The van der Waals surface area contributed by atoms with Gasteiger partial charge in [-0.2, -0.15) is 0 Å². The van der Waals surface area contributed by atoms with E-state index in [0.29, 0.717) is 11.0 Å². The molecule has 1 aromatic carbocycles. The van der Waals surface area contributed by atoms with Crippen LogP contribution in [0.25, 0.3) is 11.0 Å². The third-order valence-electron chi connectivity index (χ3n) is 2.04. The van der Waals surface area contributed by atoms with E-state index in [2.05, 4.69) is 15.9 Å². The Hall–Kier alpha value is -1.42. The van der Waals surface area contributed by atoms with Crippen LogP contribution in [-0.2, 0) is 0 Å². The minimum atomic E-state index is -0.253. The molecule has 0 saturated carbocycles. The highest BCUT2D eigenvalue weighted by atomic mass is 79.9. The zero-order valence-electron chi connectivity index (χ0n) is 7.91. The Bertz CT molecular complexity index is 598. The molecule has 4 heteroatoms. The normalized spacial score (nSPS) is 10.5. The van der Waals surface area contributed by atoms with Crippen LogP contribution in [-0.4, -0.2) is 5.78 Å². The van der Waals surface area contributed by atoms with Crippen molar-refractivity contribution >= 4 is 32.7 Å². The van der Waals surface area contributed by atoms with Crippen LogP contribution >= 0.6 is 15.9 Å². The molecule has 0 atom stereocenters. The first-order valence-corrected chi connectivity index (χ1v) is 5.11. The van der Waals surface area contributed by atoms with Gasteiger partial charge in [0, 0.05) is 17.5 Å². The Morgan fingerprint density at radius 1 is 1.33 bits per heavy atom. The number of carbonyl (C=O) groups excluding carboxylic acids is 1. The standard InChI is InChI=1S/C11H7BrO3/c1-6(13)11-5-9(14)8-4-7(12)2-3-10(8)15-11/h2-5H,1H3. The summed E-state index contributed by atoms with van der Waals surface area (Å²) < 4.78 is 6.09. The first-order valence-electron chi connectivity index (χ1n) is 4.32. The molecule has 15 heavy (non-hydrogen) atoms. The summed E-state index contributed by atoms with van der Waals surface area (Å²) in [6.07, 6.45) is 0. The lowest BCUT2D eigenvalue weighted by Crippen LogP contribution is -2.04. The molecule has 0 aliphatic carbocycles. The van der Waals surface area contributed by atoms with Crippen LogP contribution in [0.3, 0.4) is 0 Å². The van der Waals surface area contributed by atoms with Gasteiger partial charge in [0.1, 0.15) is 5.58 Å². The maximum Gasteiger partial charge on any atom is 0.195 e. The number of rotatable bonds is 1. The average Bonchev–Trinajstić information content (AvgIpc) is 2.18. The van der Waals surface area contributed by atoms with Gasteiger partial charge in [0.2, 0.25) is 0 Å². The molecule has 2 aromatic rings. The number of fused-ring (bicyclic) bond motifs is 1. The molecule has 0 bridgehead atoms. The minimum Gasteiger partial charge on any atom is -0.453 e. The van der Waals surface area contributed by atoms with Gasteiger partial charge < -0.3 is 4.42 Å². The van der Waals surface area contributed by atoms with Gasteiger partial charge in [-0.15, -0.1) is 0 Å². The summed E-state index contributed by atoms with van der Waals surface area (Å²) in [5, 5.41) is 0.467. The maximum absolute atomic E-state index is 11.6. The Morgan fingerprint density at radius 3 is 2.73 bits per heavy atom. The number of ketones is 1. The van der Waals surface area contributed by atoms with Crippen molar-refractivity contribution < 1.29 is 9.21 Å². The van der Waals surface area contributed by atoms with E-state index in [0.717, 1.165) is 4.47 Å². The predicted molar refractivity (Wildman–Crippen MR) is 60.2 cm³/mol. The molecule has 0 spiro atoms. The Kier molecular flexibility index (Phi) is 2.44. The van der Waals surface area contributed by atoms with Crippen molar-refractivity contribution in [2.45, 2.75) is 6.92 Å². The summed E-state index contributed by atoms with van der Waals surface area (Å²) in [6.45, 7) is 1.36. The molecule has 0 N–H and O–H groups in total. The van der Waals surface area contributed by atoms with Crippen LogP contribution < -0.4 is 5.43 Å². The summed E-state index contributed by atoms with van der Waals surface area (Å²) in [7, 11) is 0. The molecule has 0 saturated heterocycles. The highest BCUT2D eigenvalue weighted by Gasteiger charge is 2.08. The second-order valence-electron chi connectivity index (χ2n) is 3.17. The summed E-state index contributed by atoms with van der Waals surface area (Å²) in [4.78, 5) is 22.7. The summed E-state index contributed by atoms with van der Waals surface area (Å²) >= 11 is 3.27. The van der Waals surface area contributed by atoms with Gasteiger partial charge in [0.25, 0.3) is 0 Å². The van der Waals surface area contributed by atoms with Gasteiger partial charge in [0.05, 0.1) is 5.39 Å². The van der Waals surface area contributed by atoms with E-state index in [9.17, 15) is 9.59 Å². The second-order valence-corrected chi connectivity index (χ2v) is 4.09. The van der Waals surface area contributed by atoms with Crippen LogP contribution in [0.5, 0.6) is 0 Å². The van der Waals surface area contributed by atoms with E-state index >= 15 is 0 Å². The first-order chi connectivity index (χ1) is 7.08. The van der Waals surface area contributed by atoms with E-state index < -0.39 is 0 Å². The topological polar surface area (TPSA) is 47.3 Å². The van der Waals surface area contributed by atoms with Crippen molar-refractivity contribution in [3.8, 4) is 0 Å². The van der Waals surface area contributed by atoms with Gasteiger partial charge in [-0.05, 0) is 18.2 Å². The third kappa shape index (κ3) is 1.85. The molecule has 0 unspecified atom stereocenters. The summed E-state index contributed by atoms with van der Waals surface area (Å²) in [6, 6.07) is 6.31. The summed E-state index contributed by atoms with van der Waals surface area (Å²) in [5.74, 6) is -0.160. The van der Waals surface area contributed by atoms with Gasteiger partial charge in [0.15, 0.2) is 17.0 Å². The van der Waals surface area contributed by atoms with Crippen LogP contribution in [0.4, 0.5) is 0 Å². The molecule has 0 radical (unpaired) electrons. The van der Waals surface area contributed by atoms with Gasteiger partial charge in [-0.1, -0.05) is 15.9 Å². The third-order valence-corrected chi connectivity index (χ3v) is 2.53. The second kappa shape index (κ2) is 3.62. The summed E-state index contributed by atoms with van der Waals surface area (Å²) in [5.41, 5.74) is 0.221. The van der Waals surface area contributed by atoms with Crippen molar-refractivity contribution in [2.75, 3.05) is 0 Å². The largest absolute Gasteiger partial charge is 0.453 e. The van der Waals surface area contributed by atoms with Crippen molar-refractivity contribution in [3.63, 3.8) is 0 Å². The first kappa shape index (κ1) is 10.1. The smallest absolute Gasteiger partial charge is 0.195 e. The monoisotopic (exact) mass is 266 g/mol. The van der Waals surface area contributed by atoms with E-state index in [1.807, 2.05) is 0 Å². The van der Waals surface area contributed by atoms with Crippen molar-refractivity contribution in [1.29, 1.82) is 0 Å². The molecule has 3 nitrogen and oxygen atoms in total. The van der Waals surface area contributed by atoms with Gasteiger partial charge >= 0.3 is 0 Å². The Morgan fingerprint density at radius 2 is 2.07 bits per heavy atom. The zero-order valence-corrected chi connectivity index (χ0v) is 9.50. The molecular weight excluding hydrogens is 260 g/mol. The SMILES string of the molecule is CC(=O)c1cc(=O)c2cc(Br)ccc2o1. The zero-order chi connectivity index (χ0) is 11.0. The number of hydrogen-bond donors (Lipinski definition) is 0. The van der Waals surface area contributed by atoms with Crippen LogP contribution in [0.2, 0.25) is 0 Å². The highest BCUT2D eigenvalue weighted by molar-refractivity contribution is 9.10. The fourth-order valence-electron chi connectivity index (χ4n) is 1.30. The van der Waals surface area contributed by atoms with Crippen molar-refractivity contribution in [2.24, 2.45) is 0 Å². The Balaban J connectivity index is 2.84. The van der Waals surface area contributed by atoms with E-state index in [4.69, 9.17) is 4.42 Å². The molecule has 0 aliphatic rings. The van der Waals surface area contributed by atoms with Gasteiger partial charge in [-0.3, -0.25) is 9.59 Å². The van der Waals surface area contributed by atoms with Crippen molar-refractivity contribution in [1.82, 2.24) is 0 Å². The van der Waals surface area contributed by atoms with Gasteiger partial charge in [-0.25, -0.2) is 0 Å². The number of carbonyl (C=O) groups is 1. The molecular formula is C11H7BrO3. The molecule has 0 fully saturated rings. The molecule has 2 rings (SSSR count). The lowest BCUT2D eigenvalue weighted by atomic mass is 10.2. The number of halogens is 1. The maximum atomic E-state index is 11.6. The fourth-order valence-corrected chi connectivity index (χ4v) is 1.66.